The molecule has 0 aliphatic rings. The van der Waals surface area contributed by atoms with Crippen LogP contribution in [0.1, 0.15) is 25.8 Å². The SMILES string of the molecule is CC(C)(NS(=O)(=O)CCCOCn1ccc(=O)[nH]c1=O)c1ccccc1. The molecule has 0 unspecified atom stereocenters. The molecule has 2 N–H and O–H groups in total. The molecule has 1 aromatic heterocycles. The van der Waals surface area contributed by atoms with Crippen LogP contribution in [0.25, 0.3) is 0 Å². The minimum atomic E-state index is -3.49. The van der Waals surface area contributed by atoms with Crippen molar-refractivity contribution >= 4 is 10.0 Å². The van der Waals surface area contributed by atoms with Crippen LogP contribution in [0.3, 0.4) is 0 Å². The molecule has 0 radical (unpaired) electrons. The molecule has 8 nitrogen and oxygen atoms in total. The molecule has 1 heterocycles. The molecule has 1 aromatic carbocycles. The number of hydrogen-bond acceptors (Lipinski definition) is 5. The highest BCUT2D eigenvalue weighted by molar-refractivity contribution is 7.89. The molecule has 0 aliphatic carbocycles. The van der Waals surface area contributed by atoms with E-state index in [0.29, 0.717) is 0 Å². The molecular weight excluding hydrogens is 358 g/mol. The third kappa shape index (κ3) is 5.94. The zero-order valence-corrected chi connectivity index (χ0v) is 15.6. The van der Waals surface area contributed by atoms with Crippen LogP contribution in [0.15, 0.2) is 52.2 Å². The van der Waals surface area contributed by atoms with Crippen LogP contribution in [0, 0.1) is 0 Å². The number of H-pyrrole nitrogens is 1. The largest absolute Gasteiger partial charge is 0.361 e. The maximum Gasteiger partial charge on any atom is 0.330 e. The van der Waals surface area contributed by atoms with Gasteiger partial charge in [0.05, 0.1) is 11.3 Å². The Bertz CT molecular complexity index is 933. The van der Waals surface area contributed by atoms with Gasteiger partial charge in [0.15, 0.2) is 0 Å². The summed E-state index contributed by atoms with van der Waals surface area (Å²) in [5, 5.41) is 0. The number of nitrogens with one attached hydrogen (secondary N) is 2. The van der Waals surface area contributed by atoms with Crippen molar-refractivity contribution < 1.29 is 13.2 Å². The van der Waals surface area contributed by atoms with E-state index in [4.69, 9.17) is 4.74 Å². The third-order valence-corrected chi connectivity index (χ3v) is 5.38. The van der Waals surface area contributed by atoms with Gasteiger partial charge in [-0.2, -0.15) is 0 Å². The highest BCUT2D eigenvalue weighted by Gasteiger charge is 2.26. The fourth-order valence-electron chi connectivity index (χ4n) is 2.41. The van der Waals surface area contributed by atoms with E-state index in [1.165, 1.54) is 16.8 Å². The van der Waals surface area contributed by atoms with E-state index in [1.54, 1.807) is 13.8 Å². The maximum atomic E-state index is 12.3. The minimum absolute atomic E-state index is 0.0569. The molecule has 0 fully saturated rings. The van der Waals surface area contributed by atoms with Crippen molar-refractivity contribution in [2.75, 3.05) is 12.4 Å². The van der Waals surface area contributed by atoms with Gasteiger partial charge in [-0.25, -0.2) is 17.9 Å². The Morgan fingerprint density at radius 1 is 1.15 bits per heavy atom. The van der Waals surface area contributed by atoms with Crippen molar-refractivity contribution in [2.24, 2.45) is 0 Å². The van der Waals surface area contributed by atoms with Crippen LogP contribution in [0.2, 0.25) is 0 Å². The summed E-state index contributed by atoms with van der Waals surface area (Å²) in [5.74, 6) is -0.0935. The standard InChI is InChI=1S/C17H23N3O5S/c1-17(2,14-7-4-3-5-8-14)19-26(23,24)12-6-11-25-13-20-10-9-15(21)18-16(20)22/h3-5,7-10,19H,6,11-13H2,1-2H3,(H,18,21,22). The van der Waals surface area contributed by atoms with Crippen molar-refractivity contribution in [3.8, 4) is 0 Å². The van der Waals surface area contributed by atoms with Gasteiger partial charge in [-0.3, -0.25) is 14.3 Å². The molecule has 0 saturated heterocycles. The molecule has 0 bridgehead atoms. The molecule has 0 aliphatic heterocycles. The van der Waals surface area contributed by atoms with Crippen molar-refractivity contribution in [2.45, 2.75) is 32.5 Å². The first-order valence-electron chi connectivity index (χ1n) is 8.14. The molecule has 9 heteroatoms. The molecule has 0 spiro atoms. The Balaban J connectivity index is 1.81. The van der Waals surface area contributed by atoms with Gasteiger partial charge in [-0.05, 0) is 25.8 Å². The lowest BCUT2D eigenvalue weighted by Gasteiger charge is -2.26. The Morgan fingerprint density at radius 3 is 2.50 bits per heavy atom. The first kappa shape index (κ1) is 20.1. The highest BCUT2D eigenvalue weighted by atomic mass is 32.2. The molecule has 26 heavy (non-hydrogen) atoms. The Hall–Kier alpha value is -2.23. The fraction of sp³-hybridized carbons (Fsp3) is 0.412. The summed E-state index contributed by atoms with van der Waals surface area (Å²) in [4.78, 5) is 24.5. The fourth-order valence-corrected chi connectivity index (χ4v) is 3.91. The number of ether oxygens (including phenoxy) is 1. The Morgan fingerprint density at radius 2 is 1.85 bits per heavy atom. The number of benzene rings is 1. The molecule has 0 amide bonds. The van der Waals surface area contributed by atoms with Gasteiger partial charge < -0.3 is 4.74 Å². The number of rotatable bonds is 9. The number of nitrogens with zero attached hydrogens (tertiary/aromatic N) is 1. The summed E-state index contributed by atoms with van der Waals surface area (Å²) >= 11 is 0. The normalized spacial score (nSPS) is 12.2. The second-order valence-electron chi connectivity index (χ2n) is 6.38. The number of hydrogen-bond donors (Lipinski definition) is 2. The second kappa shape index (κ2) is 8.43. The molecule has 142 valence electrons. The summed E-state index contributed by atoms with van der Waals surface area (Å²) in [6, 6.07) is 10.5. The first-order chi connectivity index (χ1) is 12.2. The van der Waals surface area contributed by atoms with Crippen LogP contribution >= 0.6 is 0 Å². The predicted molar refractivity (Wildman–Crippen MR) is 98.3 cm³/mol. The van der Waals surface area contributed by atoms with Gasteiger partial charge in [-0.1, -0.05) is 30.3 Å². The topological polar surface area (TPSA) is 110 Å². The zero-order chi connectivity index (χ0) is 19.2. The summed E-state index contributed by atoms with van der Waals surface area (Å²) in [6.45, 7) is 3.72. The number of sulfonamides is 1. The quantitative estimate of drug-likeness (QED) is 0.623. The summed E-state index contributed by atoms with van der Waals surface area (Å²) < 4.78 is 33.7. The molecular formula is C17H23N3O5S. The van der Waals surface area contributed by atoms with Crippen molar-refractivity contribution in [1.82, 2.24) is 14.3 Å². The van der Waals surface area contributed by atoms with Gasteiger partial charge >= 0.3 is 5.69 Å². The average Bonchev–Trinajstić information content (AvgIpc) is 2.56. The van der Waals surface area contributed by atoms with Crippen LogP contribution in [-0.2, 0) is 27.0 Å². The lowest BCUT2D eigenvalue weighted by molar-refractivity contribution is 0.0744. The van der Waals surface area contributed by atoms with Gasteiger partial charge in [0.25, 0.3) is 5.56 Å². The lowest BCUT2D eigenvalue weighted by Crippen LogP contribution is -2.42. The van der Waals surface area contributed by atoms with Crippen LogP contribution in [0.5, 0.6) is 0 Å². The van der Waals surface area contributed by atoms with Crippen molar-refractivity contribution in [1.29, 1.82) is 0 Å². The summed E-state index contributed by atoms with van der Waals surface area (Å²) in [6.07, 6.45) is 1.60. The lowest BCUT2D eigenvalue weighted by atomic mass is 9.96. The Kier molecular flexibility index (Phi) is 6.52. The van der Waals surface area contributed by atoms with Crippen molar-refractivity contribution in [3.05, 3.63) is 69.0 Å². The molecule has 0 atom stereocenters. The van der Waals surface area contributed by atoms with Crippen LogP contribution in [-0.4, -0.2) is 30.3 Å². The third-order valence-electron chi connectivity index (χ3n) is 3.74. The maximum absolute atomic E-state index is 12.3. The number of aromatic nitrogens is 2. The smallest absolute Gasteiger partial charge is 0.330 e. The average molecular weight is 381 g/mol. The van der Waals surface area contributed by atoms with Crippen molar-refractivity contribution in [3.63, 3.8) is 0 Å². The molecule has 2 aromatic rings. The summed E-state index contributed by atoms with van der Waals surface area (Å²) in [5.41, 5.74) is -0.900. The minimum Gasteiger partial charge on any atom is -0.361 e. The van der Waals surface area contributed by atoms with Gasteiger partial charge in [-0.15, -0.1) is 0 Å². The van der Waals surface area contributed by atoms with E-state index in [-0.39, 0.29) is 25.5 Å². The predicted octanol–water partition coefficient (Wildman–Crippen LogP) is 0.755. The Labute approximate surface area is 151 Å². The monoisotopic (exact) mass is 381 g/mol. The number of aromatic amines is 1. The van der Waals surface area contributed by atoms with E-state index in [9.17, 15) is 18.0 Å². The van der Waals surface area contributed by atoms with Crippen LogP contribution < -0.4 is 16.0 Å². The van der Waals surface area contributed by atoms with Gasteiger partial charge in [0.2, 0.25) is 10.0 Å². The van der Waals surface area contributed by atoms with E-state index in [1.807, 2.05) is 30.3 Å². The molecule has 0 saturated carbocycles. The van der Waals surface area contributed by atoms with E-state index >= 15 is 0 Å². The van der Waals surface area contributed by atoms with Gasteiger partial charge in [0.1, 0.15) is 6.73 Å². The highest BCUT2D eigenvalue weighted by Crippen LogP contribution is 2.20. The van der Waals surface area contributed by atoms with Crippen LogP contribution in [0.4, 0.5) is 0 Å². The van der Waals surface area contributed by atoms with E-state index in [0.717, 1.165) is 5.56 Å². The summed E-state index contributed by atoms with van der Waals surface area (Å²) in [7, 11) is -3.49. The van der Waals surface area contributed by atoms with Gasteiger partial charge in [0, 0.05) is 18.9 Å². The zero-order valence-electron chi connectivity index (χ0n) is 14.8. The first-order valence-corrected chi connectivity index (χ1v) is 9.79. The van der Waals surface area contributed by atoms with E-state index < -0.39 is 26.8 Å². The molecule has 2 rings (SSSR count). The second-order valence-corrected chi connectivity index (χ2v) is 8.22. The van der Waals surface area contributed by atoms with E-state index in [2.05, 4.69) is 9.71 Å².